The molecule has 0 N–H and O–H groups in total. The van der Waals surface area contributed by atoms with E-state index in [-0.39, 0.29) is 0 Å². The summed E-state index contributed by atoms with van der Waals surface area (Å²) in [4.78, 5) is 2.43. The Hall–Kier alpha value is -8.26. The van der Waals surface area contributed by atoms with Gasteiger partial charge in [-0.15, -0.1) is 0 Å². The van der Waals surface area contributed by atoms with Gasteiger partial charge >= 0.3 is 0 Å². The zero-order valence-corrected chi connectivity index (χ0v) is 34.6. The number of benzene rings is 12. The first-order valence-electron chi connectivity index (χ1n) is 21.7. The maximum atomic E-state index is 2.43. The van der Waals surface area contributed by atoms with Crippen LogP contribution < -0.4 is 4.90 Å². The van der Waals surface area contributed by atoms with Crippen molar-refractivity contribution in [1.29, 1.82) is 0 Å². The Bertz CT molecular complexity index is 3660. The minimum absolute atomic E-state index is 1.09. The van der Waals surface area contributed by atoms with E-state index < -0.39 is 0 Å². The molecule has 0 radical (unpaired) electrons. The Balaban J connectivity index is 1.04. The zero-order valence-electron chi connectivity index (χ0n) is 34.6. The van der Waals surface area contributed by atoms with Crippen molar-refractivity contribution in [2.24, 2.45) is 0 Å². The Morgan fingerprint density at radius 1 is 0.222 bits per heavy atom. The van der Waals surface area contributed by atoms with Crippen molar-refractivity contribution in [3.63, 3.8) is 0 Å². The van der Waals surface area contributed by atoms with Crippen LogP contribution in [-0.4, -0.2) is 0 Å². The fraction of sp³-hybridized carbons (Fsp3) is 0. The summed E-state index contributed by atoms with van der Waals surface area (Å²) < 4.78 is 0. The third-order valence-corrected chi connectivity index (χ3v) is 12.8. The highest BCUT2D eigenvalue weighted by molar-refractivity contribution is 6.22. The molecule has 0 unspecified atom stereocenters. The topological polar surface area (TPSA) is 3.24 Å². The van der Waals surface area contributed by atoms with Crippen LogP contribution in [0.25, 0.3) is 98.4 Å². The number of hydrogen-bond donors (Lipinski definition) is 0. The largest absolute Gasteiger partial charge is 0.310 e. The molecule has 0 fully saturated rings. The maximum absolute atomic E-state index is 2.43. The number of nitrogens with zero attached hydrogens (tertiary/aromatic N) is 1. The Morgan fingerprint density at radius 2 is 0.730 bits per heavy atom. The quantitative estimate of drug-likeness (QED) is 0.145. The predicted octanol–water partition coefficient (Wildman–Crippen LogP) is 17.6. The molecule has 1 heteroatoms. The number of anilines is 3. The van der Waals surface area contributed by atoms with Crippen molar-refractivity contribution in [2.45, 2.75) is 0 Å². The lowest BCUT2D eigenvalue weighted by atomic mass is 9.84. The van der Waals surface area contributed by atoms with E-state index in [1.807, 2.05) is 0 Å². The van der Waals surface area contributed by atoms with Gasteiger partial charge in [-0.3, -0.25) is 0 Å². The highest BCUT2D eigenvalue weighted by Crippen LogP contribution is 2.48. The molecule has 0 amide bonds. The highest BCUT2D eigenvalue weighted by Gasteiger charge is 2.21. The Kier molecular flexibility index (Phi) is 8.90. The van der Waals surface area contributed by atoms with Gasteiger partial charge in [-0.25, -0.2) is 0 Å². The lowest BCUT2D eigenvalue weighted by Gasteiger charge is -2.28. The number of para-hydroxylation sites is 1. The van der Waals surface area contributed by atoms with Gasteiger partial charge in [0.25, 0.3) is 0 Å². The van der Waals surface area contributed by atoms with Crippen molar-refractivity contribution >= 4 is 70.9 Å². The van der Waals surface area contributed by atoms with Crippen LogP contribution in [0.4, 0.5) is 17.1 Å². The summed E-state index contributed by atoms with van der Waals surface area (Å²) in [5.41, 5.74) is 12.9. The normalized spacial score (nSPS) is 11.5. The van der Waals surface area contributed by atoms with Gasteiger partial charge < -0.3 is 4.90 Å². The minimum Gasteiger partial charge on any atom is -0.310 e. The van der Waals surface area contributed by atoms with E-state index in [4.69, 9.17) is 0 Å². The third kappa shape index (κ3) is 6.42. The van der Waals surface area contributed by atoms with E-state index >= 15 is 0 Å². The molecule has 12 aromatic carbocycles. The molecule has 0 aliphatic carbocycles. The summed E-state index contributed by atoms with van der Waals surface area (Å²) in [7, 11) is 0. The summed E-state index contributed by atoms with van der Waals surface area (Å²) in [6.45, 7) is 0. The molecule has 0 saturated carbocycles. The van der Waals surface area contributed by atoms with Crippen molar-refractivity contribution in [2.75, 3.05) is 4.90 Å². The molecule has 63 heavy (non-hydrogen) atoms. The summed E-state index contributed by atoms with van der Waals surface area (Å²) in [6.07, 6.45) is 0. The van der Waals surface area contributed by atoms with E-state index in [2.05, 4.69) is 254 Å². The van der Waals surface area contributed by atoms with Crippen molar-refractivity contribution in [3.8, 4) is 44.5 Å². The lowest BCUT2D eigenvalue weighted by Crippen LogP contribution is -2.11. The molecule has 0 aliphatic heterocycles. The summed E-state index contributed by atoms with van der Waals surface area (Å²) in [6, 6.07) is 91.1. The molecular weight excluding hydrogens is 759 g/mol. The standard InChI is InChI=1S/C62H41N/c1-3-17-45(18-4-1)61-58-25-12-11-24-56(58)57-38-33-50(41-59(57)62(61)46-19-5-2-6-20-46)55-23-13-14-26-60(55)63(52-36-31-42-15-7-8-21-47(42)40-52)51-34-29-43(30-35-51)48-32-37-54-49(39-48)28-27-44-16-9-10-22-53(44)54/h1-41H. The van der Waals surface area contributed by atoms with E-state index in [1.54, 1.807) is 0 Å². The van der Waals surface area contributed by atoms with Gasteiger partial charge in [0.1, 0.15) is 0 Å². The van der Waals surface area contributed by atoms with Crippen LogP contribution >= 0.6 is 0 Å². The van der Waals surface area contributed by atoms with Crippen LogP contribution in [-0.2, 0) is 0 Å². The molecule has 0 spiro atoms. The van der Waals surface area contributed by atoms with Gasteiger partial charge in [0.05, 0.1) is 5.69 Å². The zero-order chi connectivity index (χ0) is 41.7. The number of rotatable bonds is 7. The molecule has 0 aliphatic rings. The summed E-state index contributed by atoms with van der Waals surface area (Å²) >= 11 is 0. The second-order valence-electron chi connectivity index (χ2n) is 16.4. The van der Waals surface area contributed by atoms with E-state index in [0.717, 1.165) is 28.2 Å². The van der Waals surface area contributed by atoms with Crippen LogP contribution in [0.15, 0.2) is 249 Å². The highest BCUT2D eigenvalue weighted by atomic mass is 15.1. The van der Waals surface area contributed by atoms with Crippen LogP contribution in [0.1, 0.15) is 0 Å². The molecule has 0 bridgehead atoms. The first-order valence-corrected chi connectivity index (χ1v) is 21.7. The second-order valence-corrected chi connectivity index (χ2v) is 16.4. The molecule has 294 valence electrons. The van der Waals surface area contributed by atoms with Gasteiger partial charge in [-0.05, 0) is 135 Å². The Labute approximate surface area is 367 Å². The summed E-state index contributed by atoms with van der Waals surface area (Å²) in [5, 5.41) is 12.5. The fourth-order valence-electron chi connectivity index (χ4n) is 9.82. The average molecular weight is 800 g/mol. The van der Waals surface area contributed by atoms with E-state index in [0.29, 0.717) is 0 Å². The van der Waals surface area contributed by atoms with Gasteiger partial charge in [0, 0.05) is 16.9 Å². The van der Waals surface area contributed by atoms with Crippen LogP contribution in [0.3, 0.4) is 0 Å². The second kappa shape index (κ2) is 15.3. The SMILES string of the molecule is c1ccc(-c2c(-c3ccccc3)c3cc(-c4ccccc4N(c4ccc(-c5ccc6c(ccc7ccccc76)c5)cc4)c4ccc5ccccc5c4)ccc3c3ccccc23)cc1. The van der Waals surface area contributed by atoms with Crippen LogP contribution in [0.2, 0.25) is 0 Å². The molecule has 0 saturated heterocycles. The summed E-state index contributed by atoms with van der Waals surface area (Å²) in [5.74, 6) is 0. The fourth-order valence-corrected chi connectivity index (χ4v) is 9.82. The van der Waals surface area contributed by atoms with Gasteiger partial charge in [-0.1, -0.05) is 206 Å². The van der Waals surface area contributed by atoms with Gasteiger partial charge in [-0.2, -0.15) is 0 Å². The maximum Gasteiger partial charge on any atom is 0.0540 e. The molecule has 1 nitrogen and oxygen atoms in total. The van der Waals surface area contributed by atoms with Crippen molar-refractivity contribution < 1.29 is 0 Å². The number of fused-ring (bicyclic) bond motifs is 7. The minimum atomic E-state index is 1.09. The van der Waals surface area contributed by atoms with Gasteiger partial charge in [0.15, 0.2) is 0 Å². The van der Waals surface area contributed by atoms with Crippen LogP contribution in [0, 0.1) is 0 Å². The molecule has 0 atom stereocenters. The molecule has 12 rings (SSSR count). The predicted molar refractivity (Wildman–Crippen MR) is 270 cm³/mol. The van der Waals surface area contributed by atoms with Crippen molar-refractivity contribution in [1.82, 2.24) is 0 Å². The van der Waals surface area contributed by atoms with Gasteiger partial charge in [0.2, 0.25) is 0 Å². The molecule has 0 aromatic heterocycles. The van der Waals surface area contributed by atoms with Crippen LogP contribution in [0.5, 0.6) is 0 Å². The third-order valence-electron chi connectivity index (χ3n) is 12.8. The van der Waals surface area contributed by atoms with Crippen molar-refractivity contribution in [3.05, 3.63) is 249 Å². The lowest BCUT2D eigenvalue weighted by molar-refractivity contribution is 1.29. The monoisotopic (exact) mass is 799 g/mol. The average Bonchev–Trinajstić information content (AvgIpc) is 3.36. The smallest absolute Gasteiger partial charge is 0.0540 e. The van der Waals surface area contributed by atoms with E-state index in [1.165, 1.54) is 87.2 Å². The first-order chi connectivity index (χ1) is 31.2. The molecule has 12 aromatic rings. The number of hydrogen-bond acceptors (Lipinski definition) is 1. The molecular formula is C62H41N. The van der Waals surface area contributed by atoms with E-state index in [9.17, 15) is 0 Å². The molecule has 0 heterocycles. The first kappa shape index (κ1) is 36.6. The Morgan fingerprint density at radius 3 is 1.51 bits per heavy atom.